The molecule has 8 heteroatoms. The number of hydrogen-bond acceptors (Lipinski definition) is 5. The SMILES string of the molecule is CC(C)c1ccc(S(=O)(=O)N2CCN(C(=O)c3ccc(C4SCCCS4)cc3)CC2)cc1. The number of amides is 1. The van der Waals surface area contributed by atoms with Gasteiger partial charge in [0.1, 0.15) is 0 Å². The molecule has 2 fully saturated rings. The van der Waals surface area contributed by atoms with E-state index in [9.17, 15) is 13.2 Å². The van der Waals surface area contributed by atoms with Crippen molar-refractivity contribution in [3.8, 4) is 0 Å². The summed E-state index contributed by atoms with van der Waals surface area (Å²) in [5.41, 5.74) is 3.04. The van der Waals surface area contributed by atoms with Crippen molar-refractivity contribution in [1.82, 2.24) is 9.21 Å². The van der Waals surface area contributed by atoms with Gasteiger partial charge in [-0.15, -0.1) is 23.5 Å². The Morgan fingerprint density at radius 2 is 1.50 bits per heavy atom. The third-order valence-electron chi connectivity index (χ3n) is 5.97. The fraction of sp³-hybridized carbons (Fsp3) is 0.458. The average molecular weight is 491 g/mol. The maximum absolute atomic E-state index is 13.0. The molecular weight excluding hydrogens is 460 g/mol. The molecule has 5 nitrogen and oxygen atoms in total. The first-order valence-electron chi connectivity index (χ1n) is 11.1. The van der Waals surface area contributed by atoms with Crippen LogP contribution in [0.1, 0.15) is 52.3 Å². The highest BCUT2D eigenvalue weighted by atomic mass is 32.2. The van der Waals surface area contributed by atoms with Crippen molar-refractivity contribution in [3.63, 3.8) is 0 Å². The van der Waals surface area contributed by atoms with E-state index < -0.39 is 10.0 Å². The van der Waals surface area contributed by atoms with Crippen LogP contribution in [0, 0.1) is 0 Å². The van der Waals surface area contributed by atoms with Crippen molar-refractivity contribution in [2.24, 2.45) is 0 Å². The van der Waals surface area contributed by atoms with Gasteiger partial charge in [-0.3, -0.25) is 4.79 Å². The van der Waals surface area contributed by atoms with Crippen LogP contribution in [0.3, 0.4) is 0 Å². The van der Waals surface area contributed by atoms with Crippen molar-refractivity contribution in [1.29, 1.82) is 0 Å². The van der Waals surface area contributed by atoms with Gasteiger partial charge in [0.2, 0.25) is 10.0 Å². The van der Waals surface area contributed by atoms with Crippen LogP contribution in [0.15, 0.2) is 53.4 Å². The van der Waals surface area contributed by atoms with Crippen LogP contribution in [0.5, 0.6) is 0 Å². The Balaban J connectivity index is 1.37. The zero-order valence-corrected chi connectivity index (χ0v) is 21.0. The molecule has 2 saturated heterocycles. The van der Waals surface area contributed by atoms with Crippen molar-refractivity contribution in [2.45, 2.75) is 35.7 Å². The summed E-state index contributed by atoms with van der Waals surface area (Å²) in [6.45, 7) is 5.60. The van der Waals surface area contributed by atoms with Crippen LogP contribution >= 0.6 is 23.5 Å². The molecular formula is C24H30N2O3S3. The molecule has 0 atom stereocenters. The Morgan fingerprint density at radius 3 is 2.06 bits per heavy atom. The second-order valence-corrected chi connectivity index (χ2v) is 13.1. The van der Waals surface area contributed by atoms with Gasteiger partial charge in [-0.1, -0.05) is 38.1 Å². The lowest BCUT2D eigenvalue weighted by Crippen LogP contribution is -2.50. The number of thioether (sulfide) groups is 2. The first-order valence-corrected chi connectivity index (χ1v) is 14.6. The zero-order valence-electron chi connectivity index (χ0n) is 18.6. The van der Waals surface area contributed by atoms with E-state index in [-0.39, 0.29) is 5.91 Å². The molecule has 2 aliphatic heterocycles. The Labute approximate surface area is 200 Å². The van der Waals surface area contributed by atoms with E-state index >= 15 is 0 Å². The number of carbonyl (C=O) groups excluding carboxylic acids is 1. The lowest BCUT2D eigenvalue weighted by molar-refractivity contribution is 0.0698. The maximum atomic E-state index is 13.0. The fourth-order valence-corrected chi connectivity index (χ4v) is 8.27. The van der Waals surface area contributed by atoms with Crippen LogP contribution in [0.2, 0.25) is 0 Å². The maximum Gasteiger partial charge on any atom is 0.253 e. The minimum absolute atomic E-state index is 0.0289. The van der Waals surface area contributed by atoms with Gasteiger partial charge in [0, 0.05) is 31.7 Å². The summed E-state index contributed by atoms with van der Waals surface area (Å²) < 4.78 is 28.0. The summed E-state index contributed by atoms with van der Waals surface area (Å²) in [5.74, 6) is 2.70. The Hall–Kier alpha value is -1.48. The van der Waals surface area contributed by atoms with E-state index in [4.69, 9.17) is 0 Å². The molecule has 172 valence electrons. The number of nitrogens with zero attached hydrogens (tertiary/aromatic N) is 2. The lowest BCUT2D eigenvalue weighted by atomic mass is 10.0. The van der Waals surface area contributed by atoms with Crippen LogP contribution in [0.4, 0.5) is 0 Å². The third-order valence-corrected chi connectivity index (χ3v) is 10.9. The minimum Gasteiger partial charge on any atom is -0.336 e. The van der Waals surface area contributed by atoms with E-state index in [2.05, 4.69) is 26.0 Å². The van der Waals surface area contributed by atoms with Crippen LogP contribution in [-0.2, 0) is 10.0 Å². The molecule has 1 amide bonds. The molecule has 2 aromatic rings. The van der Waals surface area contributed by atoms with Gasteiger partial charge >= 0.3 is 0 Å². The van der Waals surface area contributed by atoms with Gasteiger partial charge in [0.25, 0.3) is 5.91 Å². The normalized spacial score (nSPS) is 18.8. The molecule has 0 radical (unpaired) electrons. The number of piperazine rings is 1. The summed E-state index contributed by atoms with van der Waals surface area (Å²) >= 11 is 3.93. The molecule has 32 heavy (non-hydrogen) atoms. The van der Waals surface area contributed by atoms with Crippen molar-refractivity contribution in [3.05, 3.63) is 65.2 Å². The smallest absolute Gasteiger partial charge is 0.253 e. The Morgan fingerprint density at radius 1 is 0.906 bits per heavy atom. The molecule has 0 spiro atoms. The van der Waals surface area contributed by atoms with E-state index in [1.807, 2.05) is 47.8 Å². The molecule has 0 aliphatic carbocycles. The lowest BCUT2D eigenvalue weighted by Gasteiger charge is -2.34. The van der Waals surface area contributed by atoms with Gasteiger partial charge in [0.05, 0.1) is 9.48 Å². The largest absolute Gasteiger partial charge is 0.336 e. The number of rotatable bonds is 5. The second kappa shape index (κ2) is 10.2. The van der Waals surface area contributed by atoms with Crippen LogP contribution in [-0.4, -0.2) is 61.2 Å². The van der Waals surface area contributed by atoms with Gasteiger partial charge in [0.15, 0.2) is 0 Å². The zero-order chi connectivity index (χ0) is 22.7. The van der Waals surface area contributed by atoms with Crippen molar-refractivity contribution < 1.29 is 13.2 Å². The molecule has 2 heterocycles. The molecule has 0 N–H and O–H groups in total. The van der Waals surface area contributed by atoms with E-state index in [0.717, 1.165) is 5.56 Å². The summed E-state index contributed by atoms with van der Waals surface area (Å²) in [7, 11) is -3.55. The van der Waals surface area contributed by atoms with Gasteiger partial charge in [-0.05, 0) is 59.2 Å². The predicted molar refractivity (Wildman–Crippen MR) is 134 cm³/mol. The van der Waals surface area contributed by atoms with Crippen LogP contribution < -0.4 is 0 Å². The molecule has 0 saturated carbocycles. The molecule has 0 unspecified atom stereocenters. The van der Waals surface area contributed by atoms with Gasteiger partial charge in [-0.25, -0.2) is 8.42 Å². The number of carbonyl (C=O) groups is 1. The van der Waals surface area contributed by atoms with Gasteiger partial charge < -0.3 is 4.90 Å². The average Bonchev–Trinajstić information content (AvgIpc) is 2.84. The van der Waals surface area contributed by atoms with E-state index in [1.54, 1.807) is 17.0 Å². The van der Waals surface area contributed by atoms with E-state index in [1.165, 1.54) is 27.8 Å². The number of benzene rings is 2. The minimum atomic E-state index is -3.55. The highest BCUT2D eigenvalue weighted by molar-refractivity contribution is 8.16. The first-order chi connectivity index (χ1) is 15.4. The monoisotopic (exact) mass is 490 g/mol. The van der Waals surface area contributed by atoms with Crippen LogP contribution in [0.25, 0.3) is 0 Å². The highest BCUT2D eigenvalue weighted by Gasteiger charge is 2.30. The van der Waals surface area contributed by atoms with Crippen molar-refractivity contribution in [2.75, 3.05) is 37.7 Å². The Kier molecular flexibility index (Phi) is 7.54. The van der Waals surface area contributed by atoms with E-state index in [0.29, 0.717) is 47.1 Å². The molecule has 4 rings (SSSR count). The molecule has 0 bridgehead atoms. The summed E-state index contributed by atoms with van der Waals surface area (Å²) in [6, 6.07) is 15.1. The predicted octanol–water partition coefficient (Wildman–Crippen LogP) is 4.83. The first kappa shape index (κ1) is 23.7. The summed E-state index contributed by atoms with van der Waals surface area (Å²) in [5, 5.41) is 0. The van der Waals surface area contributed by atoms with Crippen molar-refractivity contribution >= 4 is 39.5 Å². The summed E-state index contributed by atoms with van der Waals surface area (Å²) in [4.78, 5) is 15.0. The standard InChI is InChI=1S/C24H30N2O3S3/c1-18(2)19-8-10-22(11-9-19)32(28,29)26-14-12-25(13-15-26)23(27)20-4-6-21(7-5-20)24-30-16-3-17-31-24/h4-11,18,24H,3,12-17H2,1-2H3. The fourth-order valence-electron chi connectivity index (χ4n) is 3.95. The summed E-state index contributed by atoms with van der Waals surface area (Å²) in [6.07, 6.45) is 1.26. The quantitative estimate of drug-likeness (QED) is 0.601. The topological polar surface area (TPSA) is 57.7 Å². The molecule has 2 aliphatic rings. The second-order valence-electron chi connectivity index (χ2n) is 8.47. The molecule has 2 aromatic carbocycles. The number of hydrogen-bond donors (Lipinski definition) is 0. The molecule has 0 aromatic heterocycles. The van der Waals surface area contributed by atoms with Gasteiger partial charge in [-0.2, -0.15) is 4.31 Å². The Bertz CT molecular complexity index is 1020. The highest BCUT2D eigenvalue weighted by Crippen LogP contribution is 2.43. The number of sulfonamides is 1. The third kappa shape index (κ3) is 5.19.